The van der Waals surface area contributed by atoms with E-state index in [1.165, 1.54) is 0 Å². The second-order valence-corrected chi connectivity index (χ2v) is 3.77. The van der Waals surface area contributed by atoms with Crippen LogP contribution in [0.15, 0.2) is 0 Å². The summed E-state index contributed by atoms with van der Waals surface area (Å²) < 4.78 is 5.10. The van der Waals surface area contributed by atoms with E-state index in [4.69, 9.17) is 10.5 Å². The normalized spacial score (nSPS) is 29.2. The molecule has 0 bridgehead atoms. The highest BCUT2D eigenvalue weighted by atomic mass is 16.5. The molecule has 1 fully saturated rings. The maximum absolute atomic E-state index is 11.2. The Morgan fingerprint density at radius 1 is 1.69 bits per heavy atom. The number of carbonyl (C=O) groups excluding carboxylic acids is 1. The van der Waals surface area contributed by atoms with Crippen LogP contribution in [0, 0.1) is 0 Å². The summed E-state index contributed by atoms with van der Waals surface area (Å²) in [7, 11) is 1.70. The molecular formula is C9H18N2O2. The Balaban J connectivity index is 2.09. The van der Waals surface area contributed by atoms with Crippen LogP contribution in [0.3, 0.4) is 0 Å². The molecule has 13 heavy (non-hydrogen) atoms. The number of ether oxygens (including phenoxy) is 1. The smallest absolute Gasteiger partial charge is 0.221 e. The molecule has 4 heteroatoms. The maximum atomic E-state index is 11.2. The highest BCUT2D eigenvalue weighted by molar-refractivity contribution is 5.76. The van der Waals surface area contributed by atoms with Crippen LogP contribution in [-0.4, -0.2) is 31.2 Å². The topological polar surface area (TPSA) is 64.3 Å². The Morgan fingerprint density at radius 3 is 2.77 bits per heavy atom. The van der Waals surface area contributed by atoms with Gasteiger partial charge in [-0.2, -0.15) is 0 Å². The molecule has 0 aromatic heterocycles. The van der Waals surface area contributed by atoms with Crippen LogP contribution < -0.4 is 11.1 Å². The van der Waals surface area contributed by atoms with Gasteiger partial charge in [-0.3, -0.25) is 4.79 Å². The first-order valence-electron chi connectivity index (χ1n) is 4.69. The molecule has 1 rings (SSSR count). The minimum Gasteiger partial charge on any atom is -0.381 e. The maximum Gasteiger partial charge on any atom is 0.221 e. The monoisotopic (exact) mass is 186 g/mol. The summed E-state index contributed by atoms with van der Waals surface area (Å²) in [6, 6.07) is 0.245. The minimum atomic E-state index is -0.0571. The van der Waals surface area contributed by atoms with Gasteiger partial charge < -0.3 is 15.8 Å². The molecule has 0 aliphatic heterocycles. The number of nitrogens with two attached hydrogens (primary N) is 1. The van der Waals surface area contributed by atoms with Gasteiger partial charge in [0, 0.05) is 25.6 Å². The Bertz CT molecular complexity index is 176. The van der Waals surface area contributed by atoms with E-state index >= 15 is 0 Å². The van der Waals surface area contributed by atoms with Crippen LogP contribution >= 0.6 is 0 Å². The molecule has 0 aromatic rings. The average molecular weight is 186 g/mol. The molecule has 3 N–H and O–H groups in total. The van der Waals surface area contributed by atoms with Gasteiger partial charge in [-0.1, -0.05) is 0 Å². The molecule has 1 aliphatic rings. The van der Waals surface area contributed by atoms with E-state index in [2.05, 4.69) is 5.32 Å². The summed E-state index contributed by atoms with van der Waals surface area (Å²) in [5.74, 6) is 0.0505. The molecule has 0 saturated heterocycles. The van der Waals surface area contributed by atoms with Gasteiger partial charge in [0.2, 0.25) is 5.91 Å². The third kappa shape index (κ3) is 3.32. The zero-order chi connectivity index (χ0) is 9.84. The number of hydrogen-bond donors (Lipinski definition) is 2. The van der Waals surface area contributed by atoms with Crippen molar-refractivity contribution in [3.63, 3.8) is 0 Å². The third-order valence-corrected chi connectivity index (χ3v) is 2.30. The molecule has 0 heterocycles. The lowest BCUT2D eigenvalue weighted by atomic mass is 9.89. The van der Waals surface area contributed by atoms with Gasteiger partial charge in [-0.15, -0.1) is 0 Å². The second kappa shape index (κ2) is 4.58. The van der Waals surface area contributed by atoms with Crippen LogP contribution in [0.4, 0.5) is 0 Å². The third-order valence-electron chi connectivity index (χ3n) is 2.30. The molecule has 0 spiro atoms. The molecule has 1 atom stereocenters. The van der Waals surface area contributed by atoms with Crippen molar-refractivity contribution >= 4 is 5.91 Å². The zero-order valence-corrected chi connectivity index (χ0v) is 8.25. The van der Waals surface area contributed by atoms with E-state index < -0.39 is 0 Å². The summed E-state index contributed by atoms with van der Waals surface area (Å²) in [5.41, 5.74) is 5.50. The molecule has 0 radical (unpaired) electrons. The van der Waals surface area contributed by atoms with Gasteiger partial charge in [0.05, 0.1) is 6.10 Å². The summed E-state index contributed by atoms with van der Waals surface area (Å²) in [5, 5.41) is 2.91. The second-order valence-electron chi connectivity index (χ2n) is 3.77. The van der Waals surface area contributed by atoms with Crippen molar-refractivity contribution in [2.75, 3.05) is 7.11 Å². The molecule has 1 aliphatic carbocycles. The predicted octanol–water partition coefficient (Wildman–Crippen LogP) is 0.0173. The van der Waals surface area contributed by atoms with Crippen molar-refractivity contribution < 1.29 is 9.53 Å². The molecular weight excluding hydrogens is 168 g/mol. The van der Waals surface area contributed by atoms with Crippen LogP contribution in [0.5, 0.6) is 0 Å². The molecule has 0 aromatic carbocycles. The summed E-state index contributed by atoms with van der Waals surface area (Å²) in [6.07, 6.45) is 2.61. The fourth-order valence-corrected chi connectivity index (χ4v) is 1.45. The minimum absolute atomic E-state index is 0.0505. The number of amides is 1. The Hall–Kier alpha value is -0.610. The van der Waals surface area contributed by atoms with E-state index in [1.54, 1.807) is 7.11 Å². The fraction of sp³-hybridized carbons (Fsp3) is 0.889. The number of hydrogen-bond acceptors (Lipinski definition) is 3. The zero-order valence-electron chi connectivity index (χ0n) is 8.25. The van der Waals surface area contributed by atoms with E-state index in [0.717, 1.165) is 12.8 Å². The van der Waals surface area contributed by atoms with Crippen molar-refractivity contribution in [3.8, 4) is 0 Å². The van der Waals surface area contributed by atoms with E-state index in [9.17, 15) is 4.79 Å². The van der Waals surface area contributed by atoms with Crippen molar-refractivity contribution in [3.05, 3.63) is 0 Å². The molecule has 1 saturated carbocycles. The predicted molar refractivity (Wildman–Crippen MR) is 50.2 cm³/mol. The summed E-state index contributed by atoms with van der Waals surface area (Å²) >= 11 is 0. The first-order chi connectivity index (χ1) is 6.11. The van der Waals surface area contributed by atoms with E-state index in [0.29, 0.717) is 18.6 Å². The van der Waals surface area contributed by atoms with Crippen molar-refractivity contribution in [2.24, 2.45) is 5.73 Å². The van der Waals surface area contributed by atoms with Crippen LogP contribution in [-0.2, 0) is 9.53 Å². The van der Waals surface area contributed by atoms with Crippen molar-refractivity contribution in [1.29, 1.82) is 0 Å². The van der Waals surface area contributed by atoms with E-state index in [-0.39, 0.29) is 11.9 Å². The first kappa shape index (κ1) is 10.5. The van der Waals surface area contributed by atoms with Crippen LogP contribution in [0.25, 0.3) is 0 Å². The lowest BCUT2D eigenvalue weighted by molar-refractivity contribution is -0.123. The Morgan fingerprint density at radius 2 is 2.31 bits per heavy atom. The molecule has 4 nitrogen and oxygen atoms in total. The standard InChI is InChI=1S/C9H18N2O2/c1-6(10)3-9(12)11-7-4-8(5-7)13-2/h6-8H,3-5,10H2,1-2H3,(H,11,12). The number of carbonyl (C=O) groups is 1. The highest BCUT2D eigenvalue weighted by Gasteiger charge is 2.29. The Labute approximate surface area is 78.8 Å². The van der Waals surface area contributed by atoms with Crippen LogP contribution in [0.2, 0.25) is 0 Å². The van der Waals surface area contributed by atoms with Crippen molar-refractivity contribution in [2.45, 2.75) is 44.4 Å². The van der Waals surface area contributed by atoms with Gasteiger partial charge in [0.15, 0.2) is 0 Å². The summed E-state index contributed by atoms with van der Waals surface area (Å²) in [6.45, 7) is 1.83. The highest BCUT2D eigenvalue weighted by Crippen LogP contribution is 2.22. The number of methoxy groups -OCH3 is 1. The largest absolute Gasteiger partial charge is 0.381 e. The Kier molecular flexibility index (Phi) is 3.69. The van der Waals surface area contributed by atoms with Gasteiger partial charge in [-0.25, -0.2) is 0 Å². The van der Waals surface area contributed by atoms with Gasteiger partial charge in [0.25, 0.3) is 0 Å². The lowest BCUT2D eigenvalue weighted by Crippen LogP contribution is -2.48. The molecule has 1 unspecified atom stereocenters. The summed E-state index contributed by atoms with van der Waals surface area (Å²) in [4.78, 5) is 11.2. The molecule has 1 amide bonds. The number of rotatable bonds is 4. The van der Waals surface area contributed by atoms with Gasteiger partial charge >= 0.3 is 0 Å². The van der Waals surface area contributed by atoms with Crippen molar-refractivity contribution in [1.82, 2.24) is 5.32 Å². The van der Waals surface area contributed by atoms with E-state index in [1.807, 2.05) is 6.92 Å². The van der Waals surface area contributed by atoms with Gasteiger partial charge in [-0.05, 0) is 19.8 Å². The average Bonchev–Trinajstić information content (AvgIpc) is 1.94. The number of nitrogens with one attached hydrogen (secondary N) is 1. The fourth-order valence-electron chi connectivity index (χ4n) is 1.45. The quantitative estimate of drug-likeness (QED) is 0.650. The lowest BCUT2D eigenvalue weighted by Gasteiger charge is -2.34. The van der Waals surface area contributed by atoms with Gasteiger partial charge in [0.1, 0.15) is 0 Å². The molecule has 76 valence electrons. The van der Waals surface area contributed by atoms with Crippen LogP contribution in [0.1, 0.15) is 26.2 Å². The SMILES string of the molecule is COC1CC(NC(=O)CC(C)N)C1. The first-order valence-corrected chi connectivity index (χ1v) is 4.69.